The lowest BCUT2D eigenvalue weighted by Crippen LogP contribution is -2.27. The fourth-order valence-electron chi connectivity index (χ4n) is 1.34. The van der Waals surface area contributed by atoms with E-state index in [1.165, 1.54) is 0 Å². The topological polar surface area (TPSA) is 27.7 Å². The Balaban J connectivity index is 2.69. The summed E-state index contributed by atoms with van der Waals surface area (Å²) in [6, 6.07) is 0. The van der Waals surface area contributed by atoms with Crippen molar-refractivity contribution in [3.8, 4) is 0 Å². The van der Waals surface area contributed by atoms with E-state index in [1.54, 1.807) is 7.11 Å². The van der Waals surface area contributed by atoms with Crippen LogP contribution in [0.5, 0.6) is 0 Å². The van der Waals surface area contributed by atoms with Crippen molar-refractivity contribution in [2.75, 3.05) is 7.11 Å². The van der Waals surface area contributed by atoms with Crippen molar-refractivity contribution in [2.24, 2.45) is 0 Å². The number of hydrogen-bond donors (Lipinski definition) is 0. The summed E-state index contributed by atoms with van der Waals surface area (Å²) in [6.07, 6.45) is 1.79. The van der Waals surface area contributed by atoms with Crippen molar-refractivity contribution in [1.82, 2.24) is 0 Å². The zero-order valence-corrected chi connectivity index (χ0v) is 8.03. The molecule has 0 amide bonds. The average Bonchev–Trinajstić information content (AvgIpc) is 2.09. The van der Waals surface area contributed by atoms with E-state index in [0.717, 1.165) is 5.66 Å². The third-order valence-corrected chi connectivity index (χ3v) is 1.89. The van der Waals surface area contributed by atoms with Gasteiger partial charge in [0, 0.05) is 12.8 Å². The summed E-state index contributed by atoms with van der Waals surface area (Å²) in [5, 5.41) is 0. The first-order chi connectivity index (χ1) is 5.63. The van der Waals surface area contributed by atoms with E-state index in [4.69, 9.17) is 14.2 Å². The molecule has 0 saturated heterocycles. The van der Waals surface area contributed by atoms with Crippen LogP contribution in [0.15, 0.2) is 11.7 Å². The van der Waals surface area contributed by atoms with Gasteiger partial charge in [0.15, 0.2) is 14.1 Å². The Morgan fingerprint density at radius 3 is 2.75 bits per heavy atom. The molecule has 1 heterocycles. The molecule has 1 aliphatic rings. The Kier molecular flexibility index (Phi) is 3.17. The first-order valence-electron chi connectivity index (χ1n) is 4.17. The minimum absolute atomic E-state index is 0.00468. The van der Waals surface area contributed by atoms with Gasteiger partial charge in [-0.2, -0.15) is 0 Å². The fraction of sp³-hybridized carbons (Fsp3) is 0.750. The molecular formula is C8H15BO3. The van der Waals surface area contributed by atoms with Crippen molar-refractivity contribution in [1.29, 1.82) is 0 Å². The van der Waals surface area contributed by atoms with Gasteiger partial charge in [-0.25, -0.2) is 0 Å². The normalized spacial score (nSPS) is 36.6. The molecular weight excluding hydrogens is 155 g/mol. The van der Waals surface area contributed by atoms with Crippen LogP contribution in [0.3, 0.4) is 0 Å². The quantitative estimate of drug-likeness (QED) is 0.528. The maximum Gasteiger partial charge on any atom is 0.195 e. The molecule has 68 valence electrons. The molecule has 0 radical (unpaired) electrons. The minimum Gasteiger partial charge on any atom is -0.481 e. The van der Waals surface area contributed by atoms with E-state index in [2.05, 4.69) is 0 Å². The molecule has 3 unspecified atom stereocenters. The van der Waals surface area contributed by atoms with Gasteiger partial charge in [-0.3, -0.25) is 0 Å². The summed E-state index contributed by atoms with van der Waals surface area (Å²) in [4.78, 5) is 0. The Morgan fingerprint density at radius 2 is 2.17 bits per heavy atom. The predicted molar refractivity (Wildman–Crippen MR) is 48.5 cm³/mol. The van der Waals surface area contributed by atoms with Crippen LogP contribution in [0, 0.1) is 0 Å². The van der Waals surface area contributed by atoms with E-state index >= 15 is 0 Å². The van der Waals surface area contributed by atoms with Crippen molar-refractivity contribution in [3.63, 3.8) is 0 Å². The van der Waals surface area contributed by atoms with Gasteiger partial charge in [-0.1, -0.05) is 0 Å². The van der Waals surface area contributed by atoms with Gasteiger partial charge in [0.25, 0.3) is 0 Å². The van der Waals surface area contributed by atoms with Gasteiger partial charge in [-0.15, -0.1) is 0 Å². The maximum atomic E-state index is 5.49. The highest BCUT2D eigenvalue weighted by Gasteiger charge is 2.22. The van der Waals surface area contributed by atoms with E-state index in [-0.39, 0.29) is 18.5 Å². The molecule has 3 atom stereocenters. The van der Waals surface area contributed by atoms with E-state index in [1.807, 2.05) is 27.8 Å². The zero-order valence-electron chi connectivity index (χ0n) is 8.03. The Morgan fingerprint density at radius 1 is 1.50 bits per heavy atom. The molecule has 0 aliphatic carbocycles. The fourth-order valence-corrected chi connectivity index (χ4v) is 1.34. The van der Waals surface area contributed by atoms with Gasteiger partial charge in [0.1, 0.15) is 6.10 Å². The van der Waals surface area contributed by atoms with Crippen LogP contribution >= 0.6 is 0 Å². The summed E-state index contributed by atoms with van der Waals surface area (Å²) in [5.74, 6) is 0. The maximum absolute atomic E-state index is 5.49. The van der Waals surface area contributed by atoms with Gasteiger partial charge < -0.3 is 14.2 Å². The van der Waals surface area contributed by atoms with Gasteiger partial charge in [0.2, 0.25) is 0 Å². The third-order valence-electron chi connectivity index (χ3n) is 1.89. The van der Waals surface area contributed by atoms with E-state index in [0.29, 0.717) is 0 Å². The number of hydrogen-bond acceptors (Lipinski definition) is 3. The summed E-state index contributed by atoms with van der Waals surface area (Å²) >= 11 is 0. The lowest BCUT2D eigenvalue weighted by atomic mass is 10.0. The number of rotatable bonds is 1. The second kappa shape index (κ2) is 3.96. The van der Waals surface area contributed by atoms with Crippen molar-refractivity contribution in [2.45, 2.75) is 32.3 Å². The highest BCUT2D eigenvalue weighted by molar-refractivity contribution is 6.20. The highest BCUT2D eigenvalue weighted by Crippen LogP contribution is 2.15. The third kappa shape index (κ3) is 2.25. The SMILES string of the molecule is BC1=CC(OC)C(C)OC(C)O1. The molecule has 0 bridgehead atoms. The lowest BCUT2D eigenvalue weighted by Gasteiger charge is -2.19. The van der Waals surface area contributed by atoms with Gasteiger partial charge in [-0.05, 0) is 19.9 Å². The molecule has 0 aromatic rings. The average molecular weight is 170 g/mol. The van der Waals surface area contributed by atoms with Crippen molar-refractivity contribution < 1.29 is 14.2 Å². The Bertz CT molecular complexity index is 181. The van der Waals surface area contributed by atoms with Crippen LogP contribution in [-0.2, 0) is 14.2 Å². The van der Waals surface area contributed by atoms with Crippen LogP contribution < -0.4 is 0 Å². The molecule has 0 N–H and O–H groups in total. The number of ether oxygens (including phenoxy) is 3. The molecule has 0 fully saturated rings. The summed E-state index contributed by atoms with van der Waals surface area (Å²) in [5.41, 5.74) is 0.860. The smallest absolute Gasteiger partial charge is 0.195 e. The van der Waals surface area contributed by atoms with E-state index < -0.39 is 0 Å². The Hall–Kier alpha value is -0.475. The number of methoxy groups -OCH3 is 1. The van der Waals surface area contributed by atoms with Gasteiger partial charge in [0.05, 0.1) is 6.10 Å². The van der Waals surface area contributed by atoms with Crippen LogP contribution in [-0.4, -0.2) is 33.5 Å². The molecule has 12 heavy (non-hydrogen) atoms. The van der Waals surface area contributed by atoms with Crippen LogP contribution in [0.1, 0.15) is 13.8 Å². The second-order valence-corrected chi connectivity index (χ2v) is 3.00. The largest absolute Gasteiger partial charge is 0.481 e. The first-order valence-corrected chi connectivity index (χ1v) is 4.17. The molecule has 1 aliphatic heterocycles. The lowest BCUT2D eigenvalue weighted by molar-refractivity contribution is -0.141. The van der Waals surface area contributed by atoms with Crippen molar-refractivity contribution in [3.05, 3.63) is 11.7 Å². The van der Waals surface area contributed by atoms with Crippen LogP contribution in [0.25, 0.3) is 0 Å². The summed E-state index contributed by atoms with van der Waals surface area (Å²) < 4.78 is 16.1. The molecule has 3 nitrogen and oxygen atoms in total. The van der Waals surface area contributed by atoms with Crippen LogP contribution in [0.4, 0.5) is 0 Å². The standard InChI is InChI=1S/C8H15BO3/c1-5-7(10-3)4-8(9)12-6(2)11-5/h4-7H,9H2,1-3H3. The minimum atomic E-state index is -0.184. The Labute approximate surface area is 74.1 Å². The predicted octanol–water partition coefficient (Wildman–Crippen LogP) is 0.257. The molecule has 0 aromatic carbocycles. The first kappa shape index (κ1) is 9.61. The second-order valence-electron chi connectivity index (χ2n) is 3.00. The van der Waals surface area contributed by atoms with E-state index in [9.17, 15) is 0 Å². The molecule has 0 saturated carbocycles. The molecule has 4 heteroatoms. The molecule has 1 rings (SSSR count). The monoisotopic (exact) mass is 170 g/mol. The zero-order chi connectivity index (χ0) is 9.14. The highest BCUT2D eigenvalue weighted by atomic mass is 16.7. The van der Waals surface area contributed by atoms with Crippen molar-refractivity contribution >= 4 is 7.85 Å². The summed E-state index contributed by atoms with van der Waals surface area (Å²) in [7, 11) is 3.58. The molecule has 0 aromatic heterocycles. The van der Waals surface area contributed by atoms with Gasteiger partial charge >= 0.3 is 0 Å². The van der Waals surface area contributed by atoms with Crippen LogP contribution in [0.2, 0.25) is 0 Å². The summed E-state index contributed by atoms with van der Waals surface area (Å²) in [6.45, 7) is 3.86. The molecule has 0 spiro atoms.